The lowest BCUT2D eigenvalue weighted by molar-refractivity contribution is 1.28. The third-order valence-electron chi connectivity index (χ3n) is 9.20. The fourth-order valence-electron chi connectivity index (χ4n) is 6.66. The summed E-state index contributed by atoms with van der Waals surface area (Å²) in [6.45, 7) is 0. The molecule has 9 aromatic carbocycles. The number of rotatable bonds is 7. The lowest BCUT2D eigenvalue weighted by Crippen LogP contribution is -2.09. The maximum atomic E-state index is 9.48. The second-order valence-electron chi connectivity index (χ2n) is 12.3. The molecule has 0 radical (unpaired) electrons. The Morgan fingerprint density at radius 3 is 1.49 bits per heavy atom. The maximum Gasteiger partial charge on any atom is 0.0645 e. The molecule has 51 heavy (non-hydrogen) atoms. The topological polar surface area (TPSA) is 3.24 Å². The summed E-state index contributed by atoms with van der Waals surface area (Å²) in [5, 5.41) is 3.96. The molecule has 1 heteroatoms. The minimum absolute atomic E-state index is 0.119. The first-order chi connectivity index (χ1) is 28.6. The van der Waals surface area contributed by atoms with Gasteiger partial charge < -0.3 is 4.90 Å². The van der Waals surface area contributed by atoms with Crippen molar-refractivity contribution in [2.24, 2.45) is 0 Å². The lowest BCUT2D eigenvalue weighted by atomic mass is 9.89. The van der Waals surface area contributed by atoms with Crippen LogP contribution in [0.2, 0.25) is 0 Å². The summed E-state index contributed by atoms with van der Waals surface area (Å²) < 4.78 is 74.7. The molecule has 240 valence electrons. The molecule has 0 saturated carbocycles. The normalized spacial score (nSPS) is 13.3. The molecular formula is C50H35N. The van der Waals surface area contributed by atoms with Crippen molar-refractivity contribution in [3.8, 4) is 44.5 Å². The highest BCUT2D eigenvalue weighted by atomic mass is 15.1. The van der Waals surface area contributed by atoms with E-state index in [-0.39, 0.29) is 70.8 Å². The minimum Gasteiger partial charge on any atom is -0.311 e. The Labute approximate surface area is 310 Å². The molecule has 0 unspecified atom stereocenters. The van der Waals surface area contributed by atoms with E-state index in [1.807, 2.05) is 84.9 Å². The van der Waals surface area contributed by atoms with Gasteiger partial charge in [0.1, 0.15) is 0 Å². The molecule has 0 aliphatic heterocycles. The molecule has 1 nitrogen and oxygen atoms in total. The van der Waals surface area contributed by atoms with Gasteiger partial charge in [0.05, 0.1) is 11.0 Å². The molecule has 0 saturated heterocycles. The van der Waals surface area contributed by atoms with E-state index >= 15 is 0 Å². The summed E-state index contributed by atoms with van der Waals surface area (Å²) in [4.78, 5) is 1.35. The van der Waals surface area contributed by atoms with Crippen LogP contribution in [0.3, 0.4) is 0 Å². The molecule has 0 atom stereocenters. The van der Waals surface area contributed by atoms with Gasteiger partial charge in [0.2, 0.25) is 0 Å². The third kappa shape index (κ3) is 5.96. The summed E-state index contributed by atoms with van der Waals surface area (Å²) in [5.74, 6) is 0. The van der Waals surface area contributed by atoms with Crippen LogP contribution in [0.25, 0.3) is 66.1 Å². The zero-order valence-electron chi connectivity index (χ0n) is 35.5. The van der Waals surface area contributed by atoms with E-state index in [1.54, 1.807) is 42.5 Å². The van der Waals surface area contributed by atoms with Crippen LogP contribution in [0.1, 0.15) is 11.0 Å². The van der Waals surface area contributed by atoms with Crippen molar-refractivity contribution >= 4 is 38.6 Å². The molecule has 0 heterocycles. The van der Waals surface area contributed by atoms with Crippen LogP contribution < -0.4 is 4.90 Å². The summed E-state index contributed by atoms with van der Waals surface area (Å²) in [5.41, 5.74) is 5.14. The van der Waals surface area contributed by atoms with E-state index in [1.165, 1.54) is 4.90 Å². The van der Waals surface area contributed by atoms with Crippen molar-refractivity contribution in [2.45, 2.75) is 0 Å². The number of anilines is 3. The number of benzene rings is 9. The number of hydrogen-bond donors (Lipinski definition) is 0. The third-order valence-corrected chi connectivity index (χ3v) is 9.20. The second-order valence-corrected chi connectivity index (χ2v) is 12.3. The molecule has 0 amide bonds. The molecule has 9 rings (SSSR count). The SMILES string of the molecule is [2H]c1c([2H])c(N(c2ccc(-c3c(-c4ccccc4)ccc4ccccc34)cc2)c2c([2H])c([2H])c(-c3ccc4ccccc4c3)c([2H])c2[2H])c([2H])c([2H])c1-c1ccccc1. The fourth-order valence-corrected chi connectivity index (χ4v) is 6.66. The van der Waals surface area contributed by atoms with E-state index in [2.05, 4.69) is 36.4 Å². The van der Waals surface area contributed by atoms with Crippen molar-refractivity contribution in [1.29, 1.82) is 0 Å². The van der Waals surface area contributed by atoms with Crippen LogP contribution >= 0.6 is 0 Å². The molecule has 0 aliphatic rings. The first-order valence-corrected chi connectivity index (χ1v) is 16.9. The van der Waals surface area contributed by atoms with Crippen LogP contribution in [0.15, 0.2) is 212 Å². The predicted molar refractivity (Wildman–Crippen MR) is 218 cm³/mol. The van der Waals surface area contributed by atoms with Crippen molar-refractivity contribution in [1.82, 2.24) is 0 Å². The van der Waals surface area contributed by atoms with Crippen LogP contribution in [0, 0.1) is 0 Å². The van der Waals surface area contributed by atoms with E-state index < -0.39 is 0 Å². The van der Waals surface area contributed by atoms with Crippen molar-refractivity contribution < 1.29 is 11.0 Å². The number of hydrogen-bond acceptors (Lipinski definition) is 1. The highest BCUT2D eigenvalue weighted by Crippen LogP contribution is 2.41. The average Bonchev–Trinajstić information content (AvgIpc) is 3.27. The van der Waals surface area contributed by atoms with E-state index in [4.69, 9.17) is 0 Å². The molecular weight excluding hydrogens is 615 g/mol. The van der Waals surface area contributed by atoms with E-state index in [9.17, 15) is 11.0 Å². The van der Waals surface area contributed by atoms with Gasteiger partial charge in [0, 0.05) is 17.1 Å². The molecule has 0 spiro atoms. The van der Waals surface area contributed by atoms with Crippen LogP contribution in [0.4, 0.5) is 17.1 Å². The van der Waals surface area contributed by atoms with Gasteiger partial charge in [0.25, 0.3) is 0 Å². The monoisotopic (exact) mass is 657 g/mol. The van der Waals surface area contributed by atoms with Crippen molar-refractivity contribution in [2.75, 3.05) is 4.90 Å². The Bertz CT molecular complexity index is 3020. The highest BCUT2D eigenvalue weighted by Gasteiger charge is 2.16. The lowest BCUT2D eigenvalue weighted by Gasteiger charge is -2.26. The number of fused-ring (bicyclic) bond motifs is 2. The van der Waals surface area contributed by atoms with E-state index in [0.717, 1.165) is 43.8 Å². The molecule has 0 aromatic heterocycles. The quantitative estimate of drug-likeness (QED) is 0.165. The summed E-state index contributed by atoms with van der Waals surface area (Å²) in [7, 11) is 0. The smallest absolute Gasteiger partial charge is 0.0645 e. The maximum absolute atomic E-state index is 9.48. The predicted octanol–water partition coefficient (Wildman–Crippen LogP) is 14.1. The van der Waals surface area contributed by atoms with Gasteiger partial charge in [-0.3, -0.25) is 0 Å². The summed E-state index contributed by atoms with van der Waals surface area (Å²) in [6.07, 6.45) is 0. The van der Waals surface area contributed by atoms with Gasteiger partial charge in [-0.2, -0.15) is 0 Å². The summed E-state index contributed by atoms with van der Waals surface area (Å²) in [6, 6.07) is 49.1. The Balaban J connectivity index is 1.28. The Morgan fingerprint density at radius 2 is 0.824 bits per heavy atom. The molecule has 0 bridgehead atoms. The van der Waals surface area contributed by atoms with E-state index in [0.29, 0.717) is 16.8 Å². The van der Waals surface area contributed by atoms with Gasteiger partial charge in [-0.25, -0.2) is 0 Å². The van der Waals surface area contributed by atoms with Gasteiger partial charge >= 0.3 is 0 Å². The van der Waals surface area contributed by atoms with Crippen molar-refractivity contribution in [3.63, 3.8) is 0 Å². The highest BCUT2D eigenvalue weighted by molar-refractivity contribution is 6.04. The first kappa shape index (κ1) is 22.8. The Hall–Kier alpha value is -6.70. The largest absolute Gasteiger partial charge is 0.311 e. The molecule has 0 aliphatic carbocycles. The van der Waals surface area contributed by atoms with Gasteiger partial charge in [-0.05, 0) is 108 Å². The standard InChI is InChI=1S/C50H35N/c1-3-11-36(12-4-1)38-21-28-45(29-22-38)51(46-30-23-39(24-31-46)44-20-19-37-13-7-8-17-43(37)35-44)47-32-25-42(26-33-47)50-48-18-10-9-16-41(48)27-34-49(50)40-14-5-2-6-15-40/h1-35H/i21D,22D,23D,24D,28D,29D,30D,31D. The van der Waals surface area contributed by atoms with Crippen LogP contribution in [0.5, 0.6) is 0 Å². The number of nitrogens with zero attached hydrogens (tertiary/aromatic N) is 1. The zero-order chi connectivity index (χ0) is 40.9. The van der Waals surface area contributed by atoms with Gasteiger partial charge in [-0.1, -0.05) is 170 Å². The molecule has 0 fully saturated rings. The Morgan fingerprint density at radius 1 is 0.314 bits per heavy atom. The Kier molecular flexibility index (Phi) is 5.96. The molecule has 0 N–H and O–H groups in total. The second kappa shape index (κ2) is 13.3. The zero-order valence-corrected chi connectivity index (χ0v) is 27.5. The van der Waals surface area contributed by atoms with Crippen LogP contribution in [-0.4, -0.2) is 0 Å². The van der Waals surface area contributed by atoms with Gasteiger partial charge in [0.15, 0.2) is 0 Å². The minimum atomic E-state index is -0.386. The average molecular weight is 658 g/mol. The molecule has 9 aromatic rings. The van der Waals surface area contributed by atoms with Crippen LogP contribution in [-0.2, 0) is 0 Å². The first-order valence-electron chi connectivity index (χ1n) is 20.9. The van der Waals surface area contributed by atoms with Gasteiger partial charge in [-0.15, -0.1) is 0 Å². The van der Waals surface area contributed by atoms with Crippen molar-refractivity contribution in [3.05, 3.63) is 212 Å². The fraction of sp³-hybridized carbons (Fsp3) is 0. The summed E-state index contributed by atoms with van der Waals surface area (Å²) >= 11 is 0.